The van der Waals surface area contributed by atoms with Gasteiger partial charge in [0.05, 0.1) is 5.21 Å². The summed E-state index contributed by atoms with van der Waals surface area (Å²) in [4.78, 5) is 48.4. The Morgan fingerprint density at radius 1 is 1.42 bits per heavy atom. The highest BCUT2D eigenvalue weighted by Crippen LogP contribution is 2.40. The van der Waals surface area contributed by atoms with Gasteiger partial charge in [-0.15, -0.1) is 32.5 Å². The molecule has 0 unspecified atom stereocenters. The zero-order valence-electron chi connectivity index (χ0n) is 20.1. The van der Waals surface area contributed by atoms with E-state index in [1.807, 2.05) is 24.3 Å². The fourth-order valence-electron chi connectivity index (χ4n) is 4.39. The number of anilines is 1. The molecule has 1 fully saturated rings. The third-order valence-electron chi connectivity index (χ3n) is 6.00. The van der Waals surface area contributed by atoms with Crippen LogP contribution in [0.3, 0.4) is 0 Å². The lowest BCUT2D eigenvalue weighted by Crippen LogP contribution is -2.71. The predicted molar refractivity (Wildman–Crippen MR) is 140 cm³/mol. The normalized spacial score (nSPS) is 19.2. The van der Waals surface area contributed by atoms with Gasteiger partial charge in [0.2, 0.25) is 0 Å². The molecule has 2 atom stereocenters. The smallest absolute Gasteiger partial charge is 0.352 e. The number of oxime groups is 1. The van der Waals surface area contributed by atoms with E-state index in [1.165, 1.54) is 23.8 Å². The summed E-state index contributed by atoms with van der Waals surface area (Å²) in [5, 5.41) is 22.2. The maximum Gasteiger partial charge on any atom is 0.352 e. The van der Waals surface area contributed by atoms with Crippen molar-refractivity contribution >= 4 is 62.8 Å². The molecular formula is C23H23N8O5S2+. The molecule has 0 spiro atoms. The second kappa shape index (κ2) is 10.3. The first-order valence-corrected chi connectivity index (χ1v) is 13.3. The molecule has 4 heterocycles. The molecule has 0 aliphatic carbocycles. The summed E-state index contributed by atoms with van der Waals surface area (Å²) >= 11 is 2.49. The molecule has 5 rings (SSSR count). The zero-order valence-corrected chi connectivity index (χ0v) is 21.7. The van der Waals surface area contributed by atoms with Crippen molar-refractivity contribution < 1.29 is 29.0 Å². The number of hydrogen-bond acceptors (Lipinski definition) is 10. The number of carbonyl (C=O) groups is 3. The topological polar surface area (TPSA) is 169 Å². The van der Waals surface area contributed by atoms with Crippen molar-refractivity contribution in [1.29, 1.82) is 0 Å². The molecule has 196 valence electrons. The monoisotopic (exact) mass is 555 g/mol. The molecule has 15 heteroatoms. The van der Waals surface area contributed by atoms with Crippen LogP contribution in [-0.4, -0.2) is 72.7 Å². The van der Waals surface area contributed by atoms with Crippen LogP contribution >= 0.6 is 23.1 Å². The number of para-hydroxylation sites is 2. The van der Waals surface area contributed by atoms with Gasteiger partial charge in [0.25, 0.3) is 11.8 Å². The van der Waals surface area contributed by atoms with Gasteiger partial charge in [0.1, 0.15) is 43.0 Å². The maximum absolute atomic E-state index is 13.1. The lowest BCUT2D eigenvalue weighted by atomic mass is 10.0. The standard InChI is InChI=1S/C23H22N8O5S2/c1-3-8-29-14-6-4-5-7-15(14)30(28-29)9-12-10-37-21-17(20(33)31(21)18(12)22(34)35)26-19(32)16(27-36-2)13-11-38-23(24)25-13/h3-7,11,17,21H,1,8-10H2,2H3,(H3-,24,25,26,32,34,35)/p+1/b27-16-/t17-,21-/m1/s1. The highest BCUT2D eigenvalue weighted by molar-refractivity contribution is 8.00. The summed E-state index contributed by atoms with van der Waals surface area (Å²) in [6.45, 7) is 4.44. The Morgan fingerprint density at radius 2 is 2.21 bits per heavy atom. The number of rotatable bonds is 9. The van der Waals surface area contributed by atoms with Gasteiger partial charge < -0.3 is 21.0 Å². The van der Waals surface area contributed by atoms with Crippen LogP contribution in [0.25, 0.3) is 11.0 Å². The van der Waals surface area contributed by atoms with Crippen molar-refractivity contribution in [3.63, 3.8) is 0 Å². The number of nitrogens with two attached hydrogens (primary N) is 1. The van der Waals surface area contributed by atoms with E-state index in [-0.39, 0.29) is 28.8 Å². The van der Waals surface area contributed by atoms with Crippen LogP contribution in [0.2, 0.25) is 0 Å². The Morgan fingerprint density at radius 3 is 2.89 bits per heavy atom. The third-order valence-corrected chi connectivity index (χ3v) is 8.01. The Labute approximate surface area is 224 Å². The van der Waals surface area contributed by atoms with E-state index >= 15 is 0 Å². The van der Waals surface area contributed by atoms with E-state index in [9.17, 15) is 19.5 Å². The highest BCUT2D eigenvalue weighted by atomic mass is 32.2. The molecule has 4 N–H and O–H groups in total. The first-order chi connectivity index (χ1) is 18.3. The van der Waals surface area contributed by atoms with Gasteiger partial charge in [-0.25, -0.2) is 9.78 Å². The van der Waals surface area contributed by atoms with Crippen molar-refractivity contribution in [3.05, 3.63) is 59.3 Å². The third kappa shape index (κ3) is 4.39. The summed E-state index contributed by atoms with van der Waals surface area (Å²) < 4.78 is 3.49. The number of nitrogens with zero attached hydrogens (tertiary/aromatic N) is 6. The summed E-state index contributed by atoms with van der Waals surface area (Å²) in [6.07, 6.45) is 1.73. The Hall–Kier alpha value is -4.24. The molecule has 3 aromatic rings. The Kier molecular flexibility index (Phi) is 6.86. The highest BCUT2D eigenvalue weighted by Gasteiger charge is 2.54. The summed E-state index contributed by atoms with van der Waals surface area (Å²) in [5.41, 5.74) is 7.88. The molecule has 0 saturated carbocycles. The van der Waals surface area contributed by atoms with Crippen molar-refractivity contribution in [3.8, 4) is 0 Å². The quantitative estimate of drug-likeness (QED) is 0.111. The van der Waals surface area contributed by atoms with E-state index < -0.39 is 29.2 Å². The van der Waals surface area contributed by atoms with Crippen LogP contribution < -0.4 is 15.7 Å². The van der Waals surface area contributed by atoms with Crippen LogP contribution in [0.5, 0.6) is 0 Å². The predicted octanol–water partition coefficient (Wildman–Crippen LogP) is 0.338. The number of thioether (sulfide) groups is 1. The fourth-order valence-corrected chi connectivity index (χ4v) is 6.27. The number of nitrogens with one attached hydrogen (secondary N) is 1. The zero-order chi connectivity index (χ0) is 27.0. The number of hydrogen-bond donors (Lipinski definition) is 3. The second-order valence-corrected chi connectivity index (χ2v) is 10.3. The van der Waals surface area contributed by atoms with E-state index in [1.54, 1.807) is 20.8 Å². The van der Waals surface area contributed by atoms with Crippen molar-refractivity contribution in [2.45, 2.75) is 24.5 Å². The molecule has 1 aromatic carbocycles. The average molecular weight is 556 g/mol. The minimum atomic E-state index is -1.22. The van der Waals surface area contributed by atoms with Crippen molar-refractivity contribution in [1.82, 2.24) is 25.1 Å². The SMILES string of the molecule is C=CCn1n[n+](CC2=C(C(=O)O)N3C(=O)[C@@H](NC(=O)/C(=N\OC)c4csc(N)n4)[C@H]3SC2)c2ccccc21. The number of carbonyl (C=O) groups excluding carboxylic acids is 2. The molecule has 0 bridgehead atoms. The maximum atomic E-state index is 13.1. The molecule has 38 heavy (non-hydrogen) atoms. The van der Waals surface area contributed by atoms with Crippen molar-refractivity contribution in [2.75, 3.05) is 18.6 Å². The van der Waals surface area contributed by atoms with Gasteiger partial charge in [-0.2, -0.15) is 0 Å². The summed E-state index contributed by atoms with van der Waals surface area (Å²) in [5.74, 6) is -2.11. The number of amides is 2. The number of benzene rings is 1. The number of carboxylic acid groups (broad SMARTS) is 1. The summed E-state index contributed by atoms with van der Waals surface area (Å²) in [6, 6.07) is 6.66. The lowest BCUT2D eigenvalue weighted by molar-refractivity contribution is -0.725. The number of carboxylic acids is 1. The van der Waals surface area contributed by atoms with Gasteiger partial charge in [-0.05, 0) is 18.2 Å². The fraction of sp³-hybridized carbons (Fsp3) is 0.261. The first kappa shape index (κ1) is 25.4. The number of aliphatic carboxylic acids is 1. The van der Waals surface area contributed by atoms with Crippen LogP contribution in [0.4, 0.5) is 5.13 Å². The molecule has 0 radical (unpaired) electrons. The molecular weight excluding hydrogens is 532 g/mol. The largest absolute Gasteiger partial charge is 0.477 e. The lowest BCUT2D eigenvalue weighted by Gasteiger charge is -2.49. The van der Waals surface area contributed by atoms with Crippen LogP contribution in [0.15, 0.2) is 58.7 Å². The second-order valence-electron chi connectivity index (χ2n) is 8.32. The molecule has 13 nitrogen and oxygen atoms in total. The Balaban J connectivity index is 1.39. The van der Waals surface area contributed by atoms with E-state index in [0.29, 0.717) is 17.9 Å². The number of β-lactam (4-membered cyclic amide) rings is 1. The van der Waals surface area contributed by atoms with Crippen LogP contribution in [0.1, 0.15) is 5.69 Å². The number of fused-ring (bicyclic) bond motifs is 2. The number of thiazole rings is 1. The molecule has 2 aromatic heterocycles. The van der Waals surface area contributed by atoms with Gasteiger partial charge >= 0.3 is 5.97 Å². The minimum absolute atomic E-state index is 0.0999. The van der Waals surface area contributed by atoms with Crippen LogP contribution in [-0.2, 0) is 32.3 Å². The summed E-state index contributed by atoms with van der Waals surface area (Å²) in [7, 11) is 1.28. The van der Waals surface area contributed by atoms with Crippen LogP contribution in [0, 0.1) is 0 Å². The first-order valence-electron chi connectivity index (χ1n) is 11.3. The van der Waals surface area contributed by atoms with Crippen molar-refractivity contribution in [2.24, 2.45) is 5.16 Å². The van der Waals surface area contributed by atoms with Gasteiger partial charge in [-0.3, -0.25) is 14.5 Å². The Bertz CT molecular complexity index is 1530. The molecule has 2 aliphatic heterocycles. The molecule has 1 saturated heterocycles. The molecule has 2 amide bonds. The average Bonchev–Trinajstić information content (AvgIpc) is 3.49. The minimum Gasteiger partial charge on any atom is -0.477 e. The van der Waals surface area contributed by atoms with Gasteiger partial charge in [0, 0.05) is 16.7 Å². The van der Waals surface area contributed by atoms with E-state index in [4.69, 9.17) is 10.6 Å². The van der Waals surface area contributed by atoms with Gasteiger partial charge in [0.15, 0.2) is 21.9 Å². The number of allylic oxidation sites excluding steroid dienone is 1. The number of aromatic nitrogens is 4. The van der Waals surface area contributed by atoms with E-state index in [2.05, 4.69) is 27.2 Å². The molecule has 2 aliphatic rings. The van der Waals surface area contributed by atoms with Gasteiger partial charge in [-0.1, -0.05) is 23.9 Å². The number of nitrogen functional groups attached to an aromatic ring is 1. The van der Waals surface area contributed by atoms with E-state index in [0.717, 1.165) is 22.4 Å².